The van der Waals surface area contributed by atoms with E-state index < -0.39 is 14.9 Å². The number of nitrogens with one attached hydrogen (secondary N) is 1. The maximum Gasteiger partial charge on any atom is 0.293 e. The molecular weight excluding hydrogens is 384 g/mol. The number of sulfonamides is 1. The number of ether oxygens (including phenoxy) is 1. The van der Waals surface area contributed by atoms with Crippen LogP contribution in [0.25, 0.3) is 0 Å². The number of hydrogen-bond acceptors (Lipinski definition) is 7. The summed E-state index contributed by atoms with van der Waals surface area (Å²) in [6.07, 6.45) is 0. The molecule has 0 radical (unpaired) electrons. The molecule has 1 aliphatic heterocycles. The van der Waals surface area contributed by atoms with Gasteiger partial charge < -0.3 is 10.1 Å². The van der Waals surface area contributed by atoms with E-state index in [2.05, 4.69) is 5.32 Å². The van der Waals surface area contributed by atoms with Gasteiger partial charge in [-0.3, -0.25) is 10.1 Å². The second kappa shape index (κ2) is 8.35. The van der Waals surface area contributed by atoms with Gasteiger partial charge in [-0.05, 0) is 23.8 Å². The topological polar surface area (TPSA) is 126 Å². The van der Waals surface area contributed by atoms with E-state index in [0.717, 1.165) is 0 Å². The van der Waals surface area contributed by atoms with Crippen molar-refractivity contribution in [1.29, 1.82) is 5.26 Å². The van der Waals surface area contributed by atoms with E-state index in [1.54, 1.807) is 18.2 Å². The number of nitrogens with zero attached hydrogens (tertiary/aromatic N) is 3. The molecular formula is C18H18N4O5S. The largest absolute Gasteiger partial charge is 0.379 e. The molecule has 0 bridgehead atoms. The van der Waals surface area contributed by atoms with E-state index in [4.69, 9.17) is 10.00 Å². The van der Waals surface area contributed by atoms with Crippen LogP contribution in [-0.2, 0) is 21.3 Å². The van der Waals surface area contributed by atoms with Crippen LogP contribution in [0.2, 0.25) is 0 Å². The highest BCUT2D eigenvalue weighted by Crippen LogP contribution is 2.27. The molecule has 146 valence electrons. The lowest BCUT2D eigenvalue weighted by atomic mass is 10.1. The minimum Gasteiger partial charge on any atom is -0.379 e. The van der Waals surface area contributed by atoms with Crippen molar-refractivity contribution in [3.05, 3.63) is 63.7 Å². The molecule has 0 spiro atoms. The van der Waals surface area contributed by atoms with Gasteiger partial charge in [-0.15, -0.1) is 0 Å². The lowest BCUT2D eigenvalue weighted by Crippen LogP contribution is -2.41. The molecule has 3 rings (SSSR count). The zero-order valence-electron chi connectivity index (χ0n) is 14.9. The molecule has 10 heteroatoms. The number of morpholine rings is 1. The van der Waals surface area contributed by atoms with Crippen molar-refractivity contribution in [3.8, 4) is 6.07 Å². The molecule has 9 nitrogen and oxygen atoms in total. The number of nitro benzene ring substituents is 1. The molecule has 1 saturated heterocycles. The molecule has 0 amide bonds. The Kier molecular flexibility index (Phi) is 5.89. The first kappa shape index (κ1) is 19.8. The minimum atomic E-state index is -3.70. The number of rotatable bonds is 6. The standard InChI is InChI=1S/C18H18N4O5S/c19-12-14-5-6-16(17(11-14)22(23)24)20-13-15-3-1-2-4-18(15)28(25,26)21-7-9-27-10-8-21/h1-6,11,20H,7-10,13H2. The van der Waals surface area contributed by atoms with E-state index in [1.165, 1.54) is 28.6 Å². The molecule has 0 aliphatic carbocycles. The summed E-state index contributed by atoms with van der Waals surface area (Å²) in [5.74, 6) is 0. The van der Waals surface area contributed by atoms with Crippen molar-refractivity contribution in [3.63, 3.8) is 0 Å². The Morgan fingerprint density at radius 3 is 2.61 bits per heavy atom. The summed E-state index contributed by atoms with van der Waals surface area (Å²) in [4.78, 5) is 10.8. The Labute approximate surface area is 162 Å². The summed E-state index contributed by atoms with van der Waals surface area (Å²) in [6.45, 7) is 1.33. The highest BCUT2D eigenvalue weighted by atomic mass is 32.2. The molecule has 1 fully saturated rings. The maximum absolute atomic E-state index is 13.0. The fourth-order valence-electron chi connectivity index (χ4n) is 2.92. The van der Waals surface area contributed by atoms with Gasteiger partial charge in [-0.2, -0.15) is 9.57 Å². The van der Waals surface area contributed by atoms with Gasteiger partial charge in [0.15, 0.2) is 0 Å². The Balaban J connectivity index is 1.87. The van der Waals surface area contributed by atoms with Crippen molar-refractivity contribution in [2.75, 3.05) is 31.6 Å². The Bertz CT molecular complexity index is 1030. The van der Waals surface area contributed by atoms with Gasteiger partial charge in [-0.25, -0.2) is 8.42 Å². The molecule has 2 aromatic carbocycles. The van der Waals surface area contributed by atoms with Crippen molar-refractivity contribution >= 4 is 21.4 Å². The van der Waals surface area contributed by atoms with Crippen molar-refractivity contribution in [2.24, 2.45) is 0 Å². The zero-order chi connectivity index (χ0) is 20.1. The van der Waals surface area contributed by atoms with E-state index in [9.17, 15) is 18.5 Å². The fraction of sp³-hybridized carbons (Fsp3) is 0.278. The van der Waals surface area contributed by atoms with Crippen LogP contribution in [0.3, 0.4) is 0 Å². The van der Waals surface area contributed by atoms with Crippen LogP contribution in [0, 0.1) is 21.4 Å². The third kappa shape index (κ3) is 4.12. The fourth-order valence-corrected chi connectivity index (χ4v) is 4.55. The molecule has 28 heavy (non-hydrogen) atoms. The van der Waals surface area contributed by atoms with E-state index in [-0.39, 0.29) is 41.5 Å². The molecule has 2 aromatic rings. The minimum absolute atomic E-state index is 0.0759. The van der Waals surface area contributed by atoms with Crippen molar-refractivity contribution in [2.45, 2.75) is 11.4 Å². The molecule has 0 aromatic heterocycles. The lowest BCUT2D eigenvalue weighted by molar-refractivity contribution is -0.384. The normalized spacial score (nSPS) is 15.0. The average molecular weight is 402 g/mol. The second-order valence-corrected chi connectivity index (χ2v) is 7.98. The van der Waals surface area contributed by atoms with E-state index in [1.807, 2.05) is 6.07 Å². The number of nitriles is 1. The highest BCUT2D eigenvalue weighted by molar-refractivity contribution is 7.89. The summed E-state index contributed by atoms with van der Waals surface area (Å²) in [5.41, 5.74) is 0.635. The van der Waals surface area contributed by atoms with Gasteiger partial charge in [0.1, 0.15) is 5.69 Å². The predicted molar refractivity (Wildman–Crippen MR) is 101 cm³/mol. The van der Waals surface area contributed by atoms with Crippen molar-refractivity contribution in [1.82, 2.24) is 4.31 Å². The van der Waals surface area contributed by atoms with Crippen LogP contribution in [0.1, 0.15) is 11.1 Å². The highest BCUT2D eigenvalue weighted by Gasteiger charge is 2.28. The quantitative estimate of drug-likeness (QED) is 0.579. The number of anilines is 1. The third-order valence-electron chi connectivity index (χ3n) is 4.35. The monoisotopic (exact) mass is 402 g/mol. The molecule has 0 unspecified atom stereocenters. The van der Waals surface area contributed by atoms with Crippen LogP contribution in [0.15, 0.2) is 47.4 Å². The number of nitro groups is 1. The van der Waals surface area contributed by atoms with Crippen LogP contribution in [-0.4, -0.2) is 43.9 Å². The van der Waals surface area contributed by atoms with Gasteiger partial charge >= 0.3 is 0 Å². The zero-order valence-corrected chi connectivity index (χ0v) is 15.7. The van der Waals surface area contributed by atoms with E-state index >= 15 is 0 Å². The molecule has 0 atom stereocenters. The van der Waals surface area contributed by atoms with Gasteiger partial charge in [0.2, 0.25) is 10.0 Å². The van der Waals surface area contributed by atoms with Crippen LogP contribution in [0.4, 0.5) is 11.4 Å². The molecule has 0 saturated carbocycles. The first-order valence-corrected chi connectivity index (χ1v) is 9.95. The smallest absolute Gasteiger partial charge is 0.293 e. The molecule has 1 aliphatic rings. The van der Waals surface area contributed by atoms with Crippen LogP contribution >= 0.6 is 0 Å². The van der Waals surface area contributed by atoms with Crippen LogP contribution < -0.4 is 5.32 Å². The average Bonchev–Trinajstić information content (AvgIpc) is 2.72. The molecule has 1 N–H and O–H groups in total. The third-order valence-corrected chi connectivity index (χ3v) is 6.35. The van der Waals surface area contributed by atoms with E-state index in [0.29, 0.717) is 18.8 Å². The predicted octanol–water partition coefficient (Wildman–Crippen LogP) is 2.10. The first-order valence-electron chi connectivity index (χ1n) is 8.51. The number of hydrogen-bond donors (Lipinski definition) is 1. The lowest BCUT2D eigenvalue weighted by Gasteiger charge is -2.27. The van der Waals surface area contributed by atoms with Gasteiger partial charge in [0.05, 0.1) is 34.7 Å². The van der Waals surface area contributed by atoms with Gasteiger partial charge in [0, 0.05) is 25.7 Å². The second-order valence-electron chi connectivity index (χ2n) is 6.08. The summed E-state index contributed by atoms with van der Waals surface area (Å²) in [7, 11) is -3.70. The summed E-state index contributed by atoms with van der Waals surface area (Å²) in [5, 5.41) is 23.1. The Morgan fingerprint density at radius 1 is 1.21 bits per heavy atom. The SMILES string of the molecule is N#Cc1ccc(NCc2ccccc2S(=O)(=O)N2CCOCC2)c([N+](=O)[O-])c1. The van der Waals surface area contributed by atoms with Gasteiger partial charge in [-0.1, -0.05) is 18.2 Å². The maximum atomic E-state index is 13.0. The Morgan fingerprint density at radius 2 is 1.93 bits per heavy atom. The van der Waals surface area contributed by atoms with Gasteiger partial charge in [0.25, 0.3) is 5.69 Å². The van der Waals surface area contributed by atoms with Crippen LogP contribution in [0.5, 0.6) is 0 Å². The number of benzene rings is 2. The summed E-state index contributed by atoms with van der Waals surface area (Å²) >= 11 is 0. The van der Waals surface area contributed by atoms with Crippen molar-refractivity contribution < 1.29 is 18.1 Å². The first-order chi connectivity index (χ1) is 13.4. The summed E-state index contributed by atoms with van der Waals surface area (Å²) in [6, 6.07) is 12.5. The Hall–Kier alpha value is -3.00. The molecule has 1 heterocycles. The summed E-state index contributed by atoms with van der Waals surface area (Å²) < 4.78 is 32.5.